The van der Waals surface area contributed by atoms with Gasteiger partial charge in [0.1, 0.15) is 5.75 Å². The highest BCUT2D eigenvalue weighted by molar-refractivity contribution is 7.21. The number of aromatic hydroxyl groups is 1. The highest BCUT2D eigenvalue weighted by Gasteiger charge is 2.14. The predicted molar refractivity (Wildman–Crippen MR) is 145 cm³/mol. The minimum Gasteiger partial charge on any atom is -0.508 e. The summed E-state index contributed by atoms with van der Waals surface area (Å²) in [4.78, 5) is 35.4. The zero-order valence-corrected chi connectivity index (χ0v) is 22.5. The fourth-order valence-corrected chi connectivity index (χ4v) is 5.84. The molecule has 0 aliphatic heterocycles. The summed E-state index contributed by atoms with van der Waals surface area (Å²) < 4.78 is 1.93. The molecule has 0 saturated carbocycles. The SMILES string of the molecule is CC(C)CC(=O)c1cc2cc(Cl)c(Cl)cc2s1.Cc1cc2sc(C(=O)CCC(=O)O)cc2cc1O. The summed E-state index contributed by atoms with van der Waals surface area (Å²) in [6, 6.07) is 10.7. The van der Waals surface area contributed by atoms with Gasteiger partial charge in [0.15, 0.2) is 11.6 Å². The van der Waals surface area contributed by atoms with Crippen LogP contribution in [0, 0.1) is 12.8 Å². The van der Waals surface area contributed by atoms with E-state index in [2.05, 4.69) is 0 Å². The molecule has 2 heterocycles. The van der Waals surface area contributed by atoms with Gasteiger partial charge >= 0.3 is 5.97 Å². The van der Waals surface area contributed by atoms with E-state index < -0.39 is 5.97 Å². The average molecular weight is 552 g/mol. The number of aryl methyl sites for hydroxylation is 1. The molecule has 4 rings (SSSR count). The van der Waals surface area contributed by atoms with Crippen molar-refractivity contribution in [2.24, 2.45) is 5.92 Å². The number of carbonyl (C=O) groups excluding carboxylic acids is 2. The molecule has 35 heavy (non-hydrogen) atoms. The number of ketones is 2. The van der Waals surface area contributed by atoms with Crippen molar-refractivity contribution in [2.75, 3.05) is 0 Å². The number of hydrogen-bond donors (Lipinski definition) is 2. The Labute approximate surface area is 220 Å². The molecule has 2 N–H and O–H groups in total. The lowest BCUT2D eigenvalue weighted by atomic mass is 10.1. The largest absolute Gasteiger partial charge is 0.508 e. The summed E-state index contributed by atoms with van der Waals surface area (Å²) in [5.41, 5.74) is 0.758. The molecule has 0 aliphatic rings. The first-order chi connectivity index (χ1) is 16.4. The molecule has 9 heteroatoms. The Kier molecular flexibility index (Phi) is 8.94. The maximum absolute atomic E-state index is 11.9. The van der Waals surface area contributed by atoms with E-state index in [1.54, 1.807) is 19.1 Å². The summed E-state index contributed by atoms with van der Waals surface area (Å²) in [7, 11) is 0. The van der Waals surface area contributed by atoms with E-state index in [-0.39, 0.29) is 30.2 Å². The van der Waals surface area contributed by atoms with Crippen LogP contribution in [0.4, 0.5) is 0 Å². The van der Waals surface area contributed by atoms with E-state index in [1.165, 1.54) is 22.7 Å². The molecule has 0 spiro atoms. The Morgan fingerprint density at radius 3 is 1.97 bits per heavy atom. The van der Waals surface area contributed by atoms with Crippen LogP contribution in [0.25, 0.3) is 20.2 Å². The summed E-state index contributed by atoms with van der Waals surface area (Å²) in [6.07, 6.45) is 0.429. The molecule has 5 nitrogen and oxygen atoms in total. The monoisotopic (exact) mass is 550 g/mol. The topological polar surface area (TPSA) is 91.7 Å². The third-order valence-corrected chi connectivity index (χ3v) is 8.10. The van der Waals surface area contributed by atoms with Gasteiger partial charge in [-0.1, -0.05) is 37.0 Å². The smallest absolute Gasteiger partial charge is 0.303 e. The van der Waals surface area contributed by atoms with Crippen LogP contribution >= 0.6 is 45.9 Å². The van der Waals surface area contributed by atoms with E-state index in [1.807, 2.05) is 38.1 Å². The molecule has 0 amide bonds. The number of thiophene rings is 2. The molecule has 0 aliphatic carbocycles. The third kappa shape index (κ3) is 7.04. The lowest BCUT2D eigenvalue weighted by molar-refractivity contribution is -0.136. The average Bonchev–Trinajstić information content (AvgIpc) is 3.36. The van der Waals surface area contributed by atoms with Crippen molar-refractivity contribution in [1.29, 1.82) is 0 Å². The number of carboxylic acid groups (broad SMARTS) is 1. The van der Waals surface area contributed by atoms with E-state index in [9.17, 15) is 19.5 Å². The van der Waals surface area contributed by atoms with Crippen LogP contribution in [0.1, 0.15) is 58.0 Å². The van der Waals surface area contributed by atoms with Gasteiger partial charge in [-0.15, -0.1) is 22.7 Å². The first-order valence-corrected chi connectivity index (χ1v) is 13.2. The van der Waals surface area contributed by atoms with E-state index in [0.717, 1.165) is 30.6 Å². The second kappa shape index (κ2) is 11.5. The maximum atomic E-state index is 11.9. The van der Waals surface area contributed by atoms with Crippen molar-refractivity contribution in [3.63, 3.8) is 0 Å². The summed E-state index contributed by atoms with van der Waals surface area (Å²) >= 11 is 14.7. The van der Waals surface area contributed by atoms with Crippen LogP contribution in [0.3, 0.4) is 0 Å². The quantitative estimate of drug-likeness (QED) is 0.225. The molecule has 0 saturated heterocycles. The maximum Gasteiger partial charge on any atom is 0.303 e. The Morgan fingerprint density at radius 2 is 1.37 bits per heavy atom. The van der Waals surface area contributed by atoms with Gasteiger partial charge in [-0.05, 0) is 65.6 Å². The second-order valence-electron chi connectivity index (χ2n) is 8.54. The minimum atomic E-state index is -0.974. The first kappa shape index (κ1) is 27.1. The van der Waals surface area contributed by atoms with Crippen molar-refractivity contribution in [1.82, 2.24) is 0 Å². The zero-order chi connectivity index (χ0) is 25.9. The number of fused-ring (bicyclic) bond motifs is 2. The highest BCUT2D eigenvalue weighted by atomic mass is 35.5. The number of benzene rings is 2. The normalized spacial score (nSPS) is 11.0. The van der Waals surface area contributed by atoms with Gasteiger partial charge in [0.2, 0.25) is 0 Å². The van der Waals surface area contributed by atoms with Crippen molar-refractivity contribution < 1.29 is 24.6 Å². The van der Waals surface area contributed by atoms with Gasteiger partial charge in [-0.2, -0.15) is 0 Å². The van der Waals surface area contributed by atoms with Gasteiger partial charge in [-0.25, -0.2) is 0 Å². The number of phenols is 1. The number of Topliss-reactive ketones (excluding diaryl/α,β-unsaturated/α-hetero) is 2. The Bertz CT molecular complexity index is 1340. The van der Waals surface area contributed by atoms with Crippen LogP contribution < -0.4 is 0 Å². The number of carbonyl (C=O) groups is 3. The lowest BCUT2D eigenvalue weighted by Gasteiger charge is -2.00. The molecule has 0 bridgehead atoms. The number of aliphatic carboxylic acids is 1. The molecule has 4 aromatic rings. The number of phenolic OH excluding ortho intramolecular Hbond substituents is 1. The van der Waals surface area contributed by atoms with Crippen LogP contribution in [0.2, 0.25) is 10.0 Å². The molecule has 0 radical (unpaired) electrons. The first-order valence-electron chi connectivity index (χ1n) is 10.8. The summed E-state index contributed by atoms with van der Waals surface area (Å²) in [5.74, 6) is -0.383. The number of carboxylic acids is 1. The summed E-state index contributed by atoms with van der Waals surface area (Å²) in [6.45, 7) is 5.87. The van der Waals surface area contributed by atoms with Gasteiger partial charge < -0.3 is 10.2 Å². The number of halogens is 2. The fourth-order valence-electron chi connectivity index (χ4n) is 3.30. The molecule has 2 aromatic heterocycles. The van der Waals surface area contributed by atoms with Crippen molar-refractivity contribution >= 4 is 83.6 Å². The summed E-state index contributed by atoms with van der Waals surface area (Å²) in [5, 5.41) is 21.0. The predicted octanol–water partition coefficient (Wildman–Crippen LogP) is 8.40. The standard InChI is InChI=1S/C13H12Cl2OS.C13H12O4S/c1-7(2)3-11(16)13-5-8-4-9(14)10(15)6-12(8)17-13;1-7-4-11-8(5-10(7)15)6-12(18-11)9(14)2-3-13(16)17/h4-7H,3H2,1-2H3;4-6,15H,2-3H2,1H3,(H,16,17). The van der Waals surface area contributed by atoms with E-state index >= 15 is 0 Å². The van der Waals surface area contributed by atoms with Crippen LogP contribution in [-0.2, 0) is 4.79 Å². The molecular weight excluding hydrogens is 527 g/mol. The molecule has 0 fully saturated rings. The highest BCUT2D eigenvalue weighted by Crippen LogP contribution is 2.34. The van der Waals surface area contributed by atoms with Crippen LogP contribution in [0.15, 0.2) is 36.4 Å². The van der Waals surface area contributed by atoms with E-state index in [4.69, 9.17) is 28.3 Å². The minimum absolute atomic E-state index is 0.00706. The molecule has 2 aromatic carbocycles. The molecule has 184 valence electrons. The van der Waals surface area contributed by atoms with Crippen molar-refractivity contribution in [3.05, 3.63) is 61.8 Å². The lowest BCUT2D eigenvalue weighted by Crippen LogP contribution is -2.01. The van der Waals surface area contributed by atoms with Crippen molar-refractivity contribution in [2.45, 2.75) is 40.0 Å². The zero-order valence-electron chi connectivity index (χ0n) is 19.4. The second-order valence-corrected chi connectivity index (χ2v) is 11.5. The molecule has 0 atom stereocenters. The van der Waals surface area contributed by atoms with Crippen LogP contribution in [0.5, 0.6) is 5.75 Å². The van der Waals surface area contributed by atoms with Gasteiger partial charge in [0, 0.05) is 22.2 Å². The van der Waals surface area contributed by atoms with Gasteiger partial charge in [0.25, 0.3) is 0 Å². The van der Waals surface area contributed by atoms with Gasteiger partial charge in [0.05, 0.1) is 26.2 Å². The fraction of sp³-hybridized carbons (Fsp3) is 0.269. The number of hydrogen-bond acceptors (Lipinski definition) is 6. The van der Waals surface area contributed by atoms with Crippen molar-refractivity contribution in [3.8, 4) is 5.75 Å². The Balaban J connectivity index is 0.000000196. The third-order valence-electron chi connectivity index (χ3n) is 5.10. The van der Waals surface area contributed by atoms with Gasteiger partial charge in [-0.3, -0.25) is 14.4 Å². The van der Waals surface area contributed by atoms with Crippen LogP contribution in [-0.4, -0.2) is 27.7 Å². The Hall–Kier alpha value is -2.45. The number of rotatable bonds is 7. The molecular formula is C26H24Cl2O5S2. The van der Waals surface area contributed by atoms with E-state index in [0.29, 0.717) is 27.3 Å². The molecule has 0 unspecified atom stereocenters. The Morgan fingerprint density at radius 1 is 0.829 bits per heavy atom.